The normalized spacial score (nSPS) is 14.6. The van der Waals surface area contributed by atoms with Crippen molar-refractivity contribution in [3.05, 3.63) is 63.7 Å². The highest BCUT2D eigenvalue weighted by atomic mass is 19.3. The van der Waals surface area contributed by atoms with Gasteiger partial charge in [0.1, 0.15) is 5.69 Å². The number of piperazine rings is 1. The number of rotatable bonds is 5. The highest BCUT2D eigenvalue weighted by Crippen LogP contribution is 2.32. The van der Waals surface area contributed by atoms with E-state index < -0.39 is 16.8 Å². The van der Waals surface area contributed by atoms with E-state index in [9.17, 15) is 23.7 Å². The molecule has 1 aliphatic rings. The van der Waals surface area contributed by atoms with E-state index in [0.29, 0.717) is 37.6 Å². The summed E-state index contributed by atoms with van der Waals surface area (Å²) < 4.78 is 27.2. The van der Waals surface area contributed by atoms with E-state index in [4.69, 9.17) is 5.21 Å². The molecule has 0 atom stereocenters. The number of nitrogens with zero attached hydrogens (tertiary/aromatic N) is 3. The van der Waals surface area contributed by atoms with Crippen LogP contribution in [0.5, 0.6) is 0 Å². The lowest BCUT2D eigenvalue weighted by atomic mass is 10.1. The highest BCUT2D eigenvalue weighted by Gasteiger charge is 2.27. The third kappa shape index (κ3) is 4.43. The molecule has 2 aromatic carbocycles. The molecule has 2 N–H and O–H groups in total. The summed E-state index contributed by atoms with van der Waals surface area (Å²) in [6.07, 6.45) is 0. The minimum atomic E-state index is -2.93. The van der Waals surface area contributed by atoms with Crippen molar-refractivity contribution in [1.82, 2.24) is 5.48 Å². The maximum atomic E-state index is 13.6. The molecule has 0 saturated carbocycles. The Kier molecular flexibility index (Phi) is 5.64. The molecule has 1 aliphatic heterocycles. The Labute approximate surface area is 165 Å². The number of benzene rings is 2. The van der Waals surface area contributed by atoms with Crippen LogP contribution in [0.1, 0.15) is 22.8 Å². The monoisotopic (exact) mass is 406 g/mol. The predicted octanol–water partition coefficient (Wildman–Crippen LogP) is 3.15. The highest BCUT2D eigenvalue weighted by molar-refractivity contribution is 5.95. The average molecular weight is 406 g/mol. The van der Waals surface area contributed by atoms with Gasteiger partial charge in [-0.15, -0.1) is 0 Å². The van der Waals surface area contributed by atoms with E-state index in [0.717, 1.165) is 13.0 Å². The van der Waals surface area contributed by atoms with Gasteiger partial charge in [-0.05, 0) is 24.3 Å². The molecule has 0 aliphatic carbocycles. The number of nitrogens with one attached hydrogen (secondary N) is 1. The molecular weight excluding hydrogens is 386 g/mol. The van der Waals surface area contributed by atoms with Crippen LogP contribution in [0.3, 0.4) is 0 Å². The van der Waals surface area contributed by atoms with Gasteiger partial charge >= 0.3 is 0 Å². The SMILES string of the molecule is CC(F)(F)c1cccc(N2CCN(c3ccc(C(=O)NO)cc3[N+](=O)[O-])CC2)c1. The number of carbonyl (C=O) groups is 1. The minimum absolute atomic E-state index is 0.0288. The van der Waals surface area contributed by atoms with Crippen LogP contribution < -0.4 is 15.3 Å². The van der Waals surface area contributed by atoms with Gasteiger partial charge in [0, 0.05) is 56.0 Å². The van der Waals surface area contributed by atoms with Gasteiger partial charge in [-0.2, -0.15) is 0 Å². The Morgan fingerprint density at radius 2 is 1.79 bits per heavy atom. The van der Waals surface area contributed by atoms with Crippen LogP contribution in [0.2, 0.25) is 0 Å². The minimum Gasteiger partial charge on any atom is -0.368 e. The van der Waals surface area contributed by atoms with Gasteiger partial charge in [0.25, 0.3) is 17.5 Å². The van der Waals surface area contributed by atoms with E-state index in [1.54, 1.807) is 12.1 Å². The zero-order valence-corrected chi connectivity index (χ0v) is 15.6. The molecule has 0 spiro atoms. The van der Waals surface area contributed by atoms with E-state index in [2.05, 4.69) is 0 Å². The van der Waals surface area contributed by atoms with Crippen molar-refractivity contribution in [2.45, 2.75) is 12.8 Å². The van der Waals surface area contributed by atoms with Crippen molar-refractivity contribution in [2.75, 3.05) is 36.0 Å². The topological polar surface area (TPSA) is 99.0 Å². The number of nitro benzene ring substituents is 1. The van der Waals surface area contributed by atoms with Gasteiger partial charge in [0.2, 0.25) is 0 Å². The van der Waals surface area contributed by atoms with Crippen LogP contribution in [0.4, 0.5) is 25.8 Å². The molecule has 3 rings (SSSR count). The Bertz CT molecular complexity index is 925. The lowest BCUT2D eigenvalue weighted by Gasteiger charge is -2.37. The Morgan fingerprint density at radius 3 is 2.38 bits per heavy atom. The number of halogens is 2. The number of carbonyl (C=O) groups excluding carboxylic acids is 1. The molecule has 1 fully saturated rings. The first kappa shape index (κ1) is 20.5. The number of nitro groups is 1. The largest absolute Gasteiger partial charge is 0.368 e. The summed E-state index contributed by atoms with van der Waals surface area (Å²) in [6, 6.07) is 10.2. The van der Waals surface area contributed by atoms with Crippen molar-refractivity contribution in [3.8, 4) is 0 Å². The zero-order valence-electron chi connectivity index (χ0n) is 15.6. The fraction of sp³-hybridized carbons (Fsp3) is 0.316. The molecule has 0 aromatic heterocycles. The van der Waals surface area contributed by atoms with Gasteiger partial charge in [0.15, 0.2) is 0 Å². The van der Waals surface area contributed by atoms with Crippen LogP contribution in [-0.2, 0) is 5.92 Å². The number of amides is 1. The summed E-state index contributed by atoms with van der Waals surface area (Å²) in [5.41, 5.74) is 2.15. The first-order valence-corrected chi connectivity index (χ1v) is 8.92. The molecule has 0 radical (unpaired) electrons. The van der Waals surface area contributed by atoms with Gasteiger partial charge in [0.05, 0.1) is 4.92 Å². The standard InChI is InChI=1S/C19H20F2N4O4/c1-19(20,21)14-3-2-4-15(12-14)23-7-9-24(10-8-23)16-6-5-13(18(26)22-27)11-17(16)25(28)29/h2-6,11-12,27H,7-10H2,1H3,(H,22,26). The van der Waals surface area contributed by atoms with Crippen LogP contribution >= 0.6 is 0 Å². The van der Waals surface area contributed by atoms with Crippen molar-refractivity contribution >= 4 is 23.0 Å². The summed E-state index contributed by atoms with van der Waals surface area (Å²) in [6.45, 7) is 2.73. The molecule has 1 amide bonds. The summed E-state index contributed by atoms with van der Waals surface area (Å²) >= 11 is 0. The van der Waals surface area contributed by atoms with E-state index in [-0.39, 0.29) is 16.8 Å². The smallest absolute Gasteiger partial charge is 0.293 e. The van der Waals surface area contributed by atoms with Gasteiger partial charge in [-0.25, -0.2) is 14.3 Å². The molecule has 8 nitrogen and oxygen atoms in total. The second-order valence-electron chi connectivity index (χ2n) is 6.81. The number of alkyl halides is 2. The molecule has 29 heavy (non-hydrogen) atoms. The Balaban J connectivity index is 1.77. The lowest BCUT2D eigenvalue weighted by molar-refractivity contribution is -0.384. The number of anilines is 2. The van der Waals surface area contributed by atoms with Crippen molar-refractivity contribution in [2.24, 2.45) is 0 Å². The Morgan fingerprint density at radius 1 is 1.14 bits per heavy atom. The Hall–Kier alpha value is -3.27. The van der Waals surface area contributed by atoms with E-state index in [1.165, 1.54) is 29.7 Å². The molecule has 2 aromatic rings. The summed E-state index contributed by atoms with van der Waals surface area (Å²) in [5, 5.41) is 20.2. The fourth-order valence-electron chi connectivity index (χ4n) is 3.32. The fourth-order valence-corrected chi connectivity index (χ4v) is 3.32. The van der Waals surface area contributed by atoms with Crippen molar-refractivity contribution in [1.29, 1.82) is 0 Å². The van der Waals surface area contributed by atoms with Gasteiger partial charge in [-0.1, -0.05) is 12.1 Å². The van der Waals surface area contributed by atoms with E-state index in [1.807, 2.05) is 9.80 Å². The average Bonchev–Trinajstić information content (AvgIpc) is 2.72. The van der Waals surface area contributed by atoms with Crippen LogP contribution in [0, 0.1) is 10.1 Å². The van der Waals surface area contributed by atoms with Crippen LogP contribution in [-0.4, -0.2) is 42.2 Å². The van der Waals surface area contributed by atoms with Crippen molar-refractivity contribution < 1.29 is 23.7 Å². The molecule has 1 saturated heterocycles. The quantitative estimate of drug-likeness (QED) is 0.450. The van der Waals surface area contributed by atoms with Gasteiger partial charge in [-0.3, -0.25) is 20.1 Å². The zero-order chi connectivity index (χ0) is 21.2. The van der Waals surface area contributed by atoms with Crippen LogP contribution in [0.15, 0.2) is 42.5 Å². The van der Waals surface area contributed by atoms with E-state index >= 15 is 0 Å². The molecular formula is C19H20F2N4O4. The number of hydrogen-bond acceptors (Lipinski definition) is 6. The molecule has 10 heteroatoms. The second kappa shape index (κ2) is 8.00. The number of hydrogen-bond donors (Lipinski definition) is 2. The predicted molar refractivity (Wildman–Crippen MR) is 103 cm³/mol. The molecule has 154 valence electrons. The van der Waals surface area contributed by atoms with Gasteiger partial charge < -0.3 is 9.80 Å². The first-order chi connectivity index (χ1) is 13.7. The maximum absolute atomic E-state index is 13.6. The van der Waals surface area contributed by atoms with Crippen molar-refractivity contribution in [3.63, 3.8) is 0 Å². The maximum Gasteiger partial charge on any atom is 0.293 e. The third-order valence-corrected chi connectivity index (χ3v) is 4.87. The molecule has 0 bridgehead atoms. The molecule has 0 unspecified atom stereocenters. The molecule has 1 heterocycles. The summed E-state index contributed by atoms with van der Waals surface area (Å²) in [5.74, 6) is -3.77. The third-order valence-electron chi connectivity index (χ3n) is 4.87. The summed E-state index contributed by atoms with van der Waals surface area (Å²) in [7, 11) is 0. The number of hydroxylamine groups is 1. The first-order valence-electron chi connectivity index (χ1n) is 8.92. The second-order valence-corrected chi connectivity index (χ2v) is 6.81. The summed E-state index contributed by atoms with van der Waals surface area (Å²) in [4.78, 5) is 26.1. The lowest BCUT2D eigenvalue weighted by Crippen LogP contribution is -2.46. The van der Waals surface area contributed by atoms with Crippen LogP contribution in [0.25, 0.3) is 0 Å².